The van der Waals surface area contributed by atoms with Crippen molar-refractivity contribution in [3.8, 4) is 11.5 Å². The standard InChI is InChI=1S/C18H23NO2/c1-18(2,3)14-6-5-7-15(11-14)21-12-13-8-9-17(20-4)16(19)10-13/h5-11H,12,19H2,1-4H3. The molecule has 0 atom stereocenters. The monoisotopic (exact) mass is 285 g/mol. The van der Waals surface area contributed by atoms with E-state index in [1.54, 1.807) is 7.11 Å². The zero-order valence-corrected chi connectivity index (χ0v) is 13.1. The predicted octanol–water partition coefficient (Wildman–Crippen LogP) is 4.15. The molecule has 2 N–H and O–H groups in total. The predicted molar refractivity (Wildman–Crippen MR) is 86.9 cm³/mol. The van der Waals surface area contributed by atoms with E-state index in [-0.39, 0.29) is 5.41 Å². The second-order valence-electron chi connectivity index (χ2n) is 6.14. The number of anilines is 1. The van der Waals surface area contributed by atoms with E-state index in [4.69, 9.17) is 15.2 Å². The van der Waals surface area contributed by atoms with Gasteiger partial charge in [-0.3, -0.25) is 0 Å². The van der Waals surface area contributed by atoms with Crippen molar-refractivity contribution in [2.45, 2.75) is 32.8 Å². The molecule has 0 fully saturated rings. The molecule has 0 spiro atoms. The van der Waals surface area contributed by atoms with Gasteiger partial charge in [0.1, 0.15) is 18.1 Å². The summed E-state index contributed by atoms with van der Waals surface area (Å²) in [5, 5.41) is 0. The zero-order valence-electron chi connectivity index (χ0n) is 13.1. The number of rotatable bonds is 4. The van der Waals surface area contributed by atoms with Crippen molar-refractivity contribution in [1.29, 1.82) is 0 Å². The molecular formula is C18H23NO2. The van der Waals surface area contributed by atoms with Crippen molar-refractivity contribution in [2.24, 2.45) is 0 Å². The number of methoxy groups -OCH3 is 1. The maximum absolute atomic E-state index is 5.90. The van der Waals surface area contributed by atoms with Crippen LogP contribution in [0.4, 0.5) is 5.69 Å². The summed E-state index contributed by atoms with van der Waals surface area (Å²) in [6.45, 7) is 7.06. The summed E-state index contributed by atoms with van der Waals surface area (Å²) >= 11 is 0. The summed E-state index contributed by atoms with van der Waals surface area (Å²) in [7, 11) is 1.61. The van der Waals surface area contributed by atoms with Crippen LogP contribution in [0.1, 0.15) is 31.9 Å². The molecule has 21 heavy (non-hydrogen) atoms. The Morgan fingerprint density at radius 2 is 1.81 bits per heavy atom. The van der Waals surface area contributed by atoms with Gasteiger partial charge in [-0.1, -0.05) is 39.0 Å². The van der Waals surface area contributed by atoms with Gasteiger partial charge in [0.2, 0.25) is 0 Å². The minimum absolute atomic E-state index is 0.115. The molecule has 2 aromatic carbocycles. The third-order valence-electron chi connectivity index (χ3n) is 3.40. The molecule has 0 unspecified atom stereocenters. The highest BCUT2D eigenvalue weighted by Gasteiger charge is 2.13. The van der Waals surface area contributed by atoms with Crippen LogP contribution < -0.4 is 15.2 Å². The summed E-state index contributed by atoms with van der Waals surface area (Å²) in [5.41, 5.74) is 8.92. The Bertz CT molecular complexity index is 615. The first-order valence-electron chi connectivity index (χ1n) is 7.06. The average molecular weight is 285 g/mol. The lowest BCUT2D eigenvalue weighted by Gasteiger charge is -2.19. The third kappa shape index (κ3) is 3.91. The zero-order chi connectivity index (χ0) is 15.5. The molecule has 2 rings (SSSR count). The highest BCUT2D eigenvalue weighted by atomic mass is 16.5. The highest BCUT2D eigenvalue weighted by Crippen LogP contribution is 2.27. The summed E-state index contributed by atoms with van der Waals surface area (Å²) < 4.78 is 11.0. The Balaban J connectivity index is 2.08. The van der Waals surface area contributed by atoms with Crippen molar-refractivity contribution in [1.82, 2.24) is 0 Å². The fraction of sp³-hybridized carbons (Fsp3) is 0.333. The lowest BCUT2D eigenvalue weighted by atomic mass is 9.87. The van der Waals surface area contributed by atoms with E-state index in [9.17, 15) is 0 Å². The van der Waals surface area contributed by atoms with E-state index in [0.717, 1.165) is 11.3 Å². The van der Waals surface area contributed by atoms with E-state index >= 15 is 0 Å². The van der Waals surface area contributed by atoms with Crippen molar-refractivity contribution in [3.63, 3.8) is 0 Å². The minimum atomic E-state index is 0.115. The molecule has 0 radical (unpaired) electrons. The topological polar surface area (TPSA) is 44.5 Å². The molecule has 0 saturated heterocycles. The highest BCUT2D eigenvalue weighted by molar-refractivity contribution is 5.54. The molecule has 3 nitrogen and oxygen atoms in total. The SMILES string of the molecule is COc1ccc(COc2cccc(C(C)(C)C)c2)cc1N. The van der Waals surface area contributed by atoms with Gasteiger partial charge < -0.3 is 15.2 Å². The van der Waals surface area contributed by atoms with Crippen LogP contribution in [0, 0.1) is 0 Å². The molecule has 0 heterocycles. The first-order chi connectivity index (χ1) is 9.90. The van der Waals surface area contributed by atoms with Gasteiger partial charge in [0, 0.05) is 0 Å². The van der Waals surface area contributed by atoms with E-state index in [0.29, 0.717) is 18.0 Å². The smallest absolute Gasteiger partial charge is 0.141 e. The number of nitrogen functional groups attached to an aromatic ring is 1. The quantitative estimate of drug-likeness (QED) is 0.858. The molecule has 0 bridgehead atoms. The average Bonchev–Trinajstić information content (AvgIpc) is 2.45. The van der Waals surface area contributed by atoms with Crippen LogP contribution in [0.3, 0.4) is 0 Å². The van der Waals surface area contributed by atoms with Crippen LogP contribution in [-0.2, 0) is 12.0 Å². The first-order valence-corrected chi connectivity index (χ1v) is 7.06. The van der Waals surface area contributed by atoms with Crippen LogP contribution in [0.15, 0.2) is 42.5 Å². The van der Waals surface area contributed by atoms with Crippen molar-refractivity contribution < 1.29 is 9.47 Å². The van der Waals surface area contributed by atoms with E-state index in [1.165, 1.54) is 5.56 Å². The summed E-state index contributed by atoms with van der Waals surface area (Å²) in [5.74, 6) is 1.56. The normalized spacial score (nSPS) is 11.2. The van der Waals surface area contributed by atoms with Crippen LogP contribution >= 0.6 is 0 Å². The van der Waals surface area contributed by atoms with Gasteiger partial charge in [-0.05, 0) is 40.8 Å². The lowest BCUT2D eigenvalue weighted by molar-refractivity contribution is 0.305. The third-order valence-corrected chi connectivity index (χ3v) is 3.40. The largest absolute Gasteiger partial charge is 0.495 e. The molecule has 0 aromatic heterocycles. The van der Waals surface area contributed by atoms with Crippen molar-refractivity contribution >= 4 is 5.69 Å². The fourth-order valence-corrected chi connectivity index (χ4v) is 2.09. The maximum Gasteiger partial charge on any atom is 0.141 e. The van der Waals surface area contributed by atoms with Crippen LogP contribution in [-0.4, -0.2) is 7.11 Å². The fourth-order valence-electron chi connectivity index (χ4n) is 2.09. The lowest BCUT2D eigenvalue weighted by Crippen LogP contribution is -2.11. The number of hydrogen-bond donors (Lipinski definition) is 1. The minimum Gasteiger partial charge on any atom is -0.495 e. The Morgan fingerprint density at radius 3 is 2.43 bits per heavy atom. The molecule has 0 amide bonds. The van der Waals surface area contributed by atoms with Gasteiger partial charge in [-0.2, -0.15) is 0 Å². The van der Waals surface area contributed by atoms with Gasteiger partial charge in [0.05, 0.1) is 12.8 Å². The van der Waals surface area contributed by atoms with Crippen LogP contribution in [0.25, 0.3) is 0 Å². The van der Waals surface area contributed by atoms with Crippen molar-refractivity contribution in [3.05, 3.63) is 53.6 Å². The number of ether oxygens (including phenoxy) is 2. The van der Waals surface area contributed by atoms with Gasteiger partial charge in [-0.15, -0.1) is 0 Å². The molecule has 0 aliphatic rings. The molecule has 112 valence electrons. The van der Waals surface area contributed by atoms with E-state index in [2.05, 4.69) is 32.9 Å². The summed E-state index contributed by atoms with van der Waals surface area (Å²) in [6, 6.07) is 13.9. The van der Waals surface area contributed by atoms with Crippen molar-refractivity contribution in [2.75, 3.05) is 12.8 Å². The maximum atomic E-state index is 5.90. The Labute approximate surface area is 126 Å². The molecular weight excluding hydrogens is 262 g/mol. The Kier molecular flexibility index (Phi) is 4.41. The van der Waals surface area contributed by atoms with E-state index in [1.807, 2.05) is 30.3 Å². The number of hydrogen-bond acceptors (Lipinski definition) is 3. The van der Waals surface area contributed by atoms with Crippen LogP contribution in [0.5, 0.6) is 11.5 Å². The number of nitrogens with two attached hydrogens (primary N) is 1. The number of benzene rings is 2. The first kappa shape index (κ1) is 15.2. The molecule has 0 aliphatic carbocycles. The molecule has 2 aromatic rings. The van der Waals surface area contributed by atoms with Gasteiger partial charge in [0.25, 0.3) is 0 Å². The summed E-state index contributed by atoms with van der Waals surface area (Å²) in [6.07, 6.45) is 0. The van der Waals surface area contributed by atoms with Crippen LogP contribution in [0.2, 0.25) is 0 Å². The Hall–Kier alpha value is -2.16. The second-order valence-corrected chi connectivity index (χ2v) is 6.14. The molecule has 3 heteroatoms. The summed E-state index contributed by atoms with van der Waals surface area (Å²) in [4.78, 5) is 0. The Morgan fingerprint density at radius 1 is 1.05 bits per heavy atom. The molecule has 0 aliphatic heterocycles. The van der Waals surface area contributed by atoms with Gasteiger partial charge in [0.15, 0.2) is 0 Å². The van der Waals surface area contributed by atoms with Gasteiger partial charge in [-0.25, -0.2) is 0 Å². The van der Waals surface area contributed by atoms with E-state index < -0.39 is 0 Å². The molecule has 0 saturated carbocycles. The second kappa shape index (κ2) is 6.08. The van der Waals surface area contributed by atoms with Gasteiger partial charge >= 0.3 is 0 Å².